The highest BCUT2D eigenvalue weighted by atomic mass is 16.3. The molecule has 2 rings (SSSR count). The fourth-order valence-corrected chi connectivity index (χ4v) is 3.27. The molecule has 1 fully saturated rings. The molecule has 0 radical (unpaired) electrons. The third kappa shape index (κ3) is 2.40. The SMILES string of the molecule is CC1CCCC(C(C)(C)c2ccccc2)C1O. The molecule has 0 heterocycles. The smallest absolute Gasteiger partial charge is 0.0602 e. The largest absolute Gasteiger partial charge is 0.393 e. The summed E-state index contributed by atoms with van der Waals surface area (Å²) in [5.74, 6) is 0.824. The summed E-state index contributed by atoms with van der Waals surface area (Å²) in [4.78, 5) is 0. The molecule has 17 heavy (non-hydrogen) atoms. The quantitative estimate of drug-likeness (QED) is 0.823. The monoisotopic (exact) mass is 232 g/mol. The van der Waals surface area contributed by atoms with Crippen LogP contribution < -0.4 is 0 Å². The molecule has 1 aromatic rings. The summed E-state index contributed by atoms with van der Waals surface area (Å²) in [6.45, 7) is 6.72. The van der Waals surface area contributed by atoms with Crippen LogP contribution in [0.15, 0.2) is 30.3 Å². The van der Waals surface area contributed by atoms with Gasteiger partial charge in [-0.15, -0.1) is 0 Å². The topological polar surface area (TPSA) is 20.2 Å². The van der Waals surface area contributed by atoms with Gasteiger partial charge in [0.1, 0.15) is 0 Å². The van der Waals surface area contributed by atoms with E-state index in [1.165, 1.54) is 18.4 Å². The number of hydrogen-bond acceptors (Lipinski definition) is 1. The summed E-state index contributed by atoms with van der Waals surface area (Å²) in [5.41, 5.74) is 1.41. The average molecular weight is 232 g/mol. The summed E-state index contributed by atoms with van der Waals surface area (Å²) >= 11 is 0. The fourth-order valence-electron chi connectivity index (χ4n) is 3.27. The van der Waals surface area contributed by atoms with E-state index in [0.717, 1.165) is 6.42 Å². The van der Waals surface area contributed by atoms with Crippen LogP contribution in [0, 0.1) is 11.8 Å². The fraction of sp³-hybridized carbons (Fsp3) is 0.625. The van der Waals surface area contributed by atoms with Gasteiger partial charge in [-0.1, -0.05) is 57.5 Å². The van der Waals surface area contributed by atoms with Crippen molar-refractivity contribution in [3.8, 4) is 0 Å². The predicted octanol–water partition coefficient (Wildman–Crippen LogP) is 3.76. The molecule has 1 saturated carbocycles. The Kier molecular flexibility index (Phi) is 3.58. The summed E-state index contributed by atoms with van der Waals surface area (Å²) < 4.78 is 0. The van der Waals surface area contributed by atoms with Gasteiger partial charge >= 0.3 is 0 Å². The van der Waals surface area contributed by atoms with Gasteiger partial charge in [0.25, 0.3) is 0 Å². The number of hydrogen-bond donors (Lipinski definition) is 1. The van der Waals surface area contributed by atoms with Gasteiger partial charge in [-0.2, -0.15) is 0 Å². The van der Waals surface area contributed by atoms with Crippen LogP contribution in [0.1, 0.15) is 45.6 Å². The molecule has 94 valence electrons. The van der Waals surface area contributed by atoms with Crippen LogP contribution in [0.3, 0.4) is 0 Å². The highest BCUT2D eigenvalue weighted by Crippen LogP contribution is 2.42. The van der Waals surface area contributed by atoms with Crippen LogP contribution in [0.25, 0.3) is 0 Å². The second-order valence-electron chi connectivity index (χ2n) is 6.09. The Morgan fingerprint density at radius 1 is 1.12 bits per heavy atom. The van der Waals surface area contributed by atoms with E-state index in [0.29, 0.717) is 11.8 Å². The van der Waals surface area contributed by atoms with Crippen molar-refractivity contribution in [2.24, 2.45) is 11.8 Å². The second kappa shape index (κ2) is 4.81. The minimum absolute atomic E-state index is 0.0648. The molecule has 0 spiro atoms. The lowest BCUT2D eigenvalue weighted by Crippen LogP contribution is -2.43. The molecule has 0 amide bonds. The Morgan fingerprint density at radius 2 is 1.76 bits per heavy atom. The lowest BCUT2D eigenvalue weighted by molar-refractivity contribution is -0.00624. The Hall–Kier alpha value is -0.820. The van der Waals surface area contributed by atoms with E-state index in [9.17, 15) is 5.11 Å². The zero-order chi connectivity index (χ0) is 12.5. The molecule has 1 aliphatic rings. The van der Waals surface area contributed by atoms with Gasteiger partial charge in [0.15, 0.2) is 0 Å². The molecular formula is C16H24O. The molecule has 0 aromatic heterocycles. The maximum atomic E-state index is 10.4. The minimum atomic E-state index is -0.154. The molecule has 3 unspecified atom stereocenters. The first kappa shape index (κ1) is 12.6. The minimum Gasteiger partial charge on any atom is -0.393 e. The van der Waals surface area contributed by atoms with Gasteiger partial charge < -0.3 is 5.11 Å². The van der Waals surface area contributed by atoms with Gasteiger partial charge in [0.2, 0.25) is 0 Å². The van der Waals surface area contributed by atoms with E-state index in [2.05, 4.69) is 51.1 Å². The van der Waals surface area contributed by atoms with Crippen molar-refractivity contribution in [2.45, 2.75) is 51.6 Å². The Morgan fingerprint density at radius 3 is 2.41 bits per heavy atom. The number of rotatable bonds is 2. The van der Waals surface area contributed by atoms with Gasteiger partial charge in [0, 0.05) is 0 Å². The van der Waals surface area contributed by atoms with Crippen molar-refractivity contribution in [2.75, 3.05) is 0 Å². The maximum absolute atomic E-state index is 10.4. The molecule has 1 nitrogen and oxygen atoms in total. The Bertz CT molecular complexity index is 355. The highest BCUT2D eigenvalue weighted by molar-refractivity contribution is 5.25. The van der Waals surface area contributed by atoms with Gasteiger partial charge in [0.05, 0.1) is 6.10 Å². The standard InChI is InChI=1S/C16H24O/c1-12-8-7-11-14(15(12)17)16(2,3)13-9-5-4-6-10-13/h4-6,9-10,12,14-15,17H,7-8,11H2,1-3H3. The molecule has 0 saturated heterocycles. The average Bonchev–Trinajstić information content (AvgIpc) is 2.33. The van der Waals surface area contributed by atoms with E-state index >= 15 is 0 Å². The van der Waals surface area contributed by atoms with Gasteiger partial charge in [-0.25, -0.2) is 0 Å². The molecule has 3 atom stereocenters. The highest BCUT2D eigenvalue weighted by Gasteiger charge is 2.40. The molecule has 0 bridgehead atoms. The lowest BCUT2D eigenvalue weighted by atomic mass is 9.64. The summed E-state index contributed by atoms with van der Waals surface area (Å²) in [6.07, 6.45) is 3.41. The third-order valence-electron chi connectivity index (χ3n) is 4.61. The summed E-state index contributed by atoms with van der Waals surface area (Å²) in [5, 5.41) is 10.4. The van der Waals surface area contributed by atoms with E-state index in [-0.39, 0.29) is 11.5 Å². The van der Waals surface area contributed by atoms with Crippen molar-refractivity contribution >= 4 is 0 Å². The molecule has 0 aliphatic heterocycles. The molecular weight excluding hydrogens is 208 g/mol. The molecule has 1 aromatic carbocycles. The second-order valence-corrected chi connectivity index (χ2v) is 6.09. The normalized spacial score (nSPS) is 30.2. The van der Waals surface area contributed by atoms with Crippen LogP contribution >= 0.6 is 0 Å². The van der Waals surface area contributed by atoms with Crippen molar-refractivity contribution in [1.82, 2.24) is 0 Å². The van der Waals surface area contributed by atoms with Crippen LogP contribution in [-0.2, 0) is 5.41 Å². The first-order chi connectivity index (χ1) is 8.03. The van der Waals surface area contributed by atoms with Gasteiger partial charge in [-0.3, -0.25) is 0 Å². The first-order valence-corrected chi connectivity index (χ1v) is 6.77. The molecule has 1 heteroatoms. The number of benzene rings is 1. The van der Waals surface area contributed by atoms with E-state index in [4.69, 9.17) is 0 Å². The molecule has 1 N–H and O–H groups in total. The predicted molar refractivity (Wildman–Crippen MR) is 72.0 cm³/mol. The van der Waals surface area contributed by atoms with E-state index in [1.54, 1.807) is 0 Å². The maximum Gasteiger partial charge on any atom is 0.0602 e. The summed E-state index contributed by atoms with van der Waals surface area (Å²) in [7, 11) is 0. The zero-order valence-corrected chi connectivity index (χ0v) is 11.2. The van der Waals surface area contributed by atoms with E-state index in [1.807, 2.05) is 0 Å². The van der Waals surface area contributed by atoms with Crippen molar-refractivity contribution in [3.63, 3.8) is 0 Å². The van der Waals surface area contributed by atoms with Gasteiger partial charge in [-0.05, 0) is 35.7 Å². The number of aliphatic hydroxyl groups is 1. The lowest BCUT2D eigenvalue weighted by Gasteiger charge is -2.43. The van der Waals surface area contributed by atoms with Crippen LogP contribution in [0.4, 0.5) is 0 Å². The number of aliphatic hydroxyl groups excluding tert-OH is 1. The molecule has 1 aliphatic carbocycles. The van der Waals surface area contributed by atoms with Crippen molar-refractivity contribution in [3.05, 3.63) is 35.9 Å². The third-order valence-corrected chi connectivity index (χ3v) is 4.61. The zero-order valence-electron chi connectivity index (χ0n) is 11.2. The van der Waals surface area contributed by atoms with E-state index < -0.39 is 0 Å². The summed E-state index contributed by atoms with van der Waals surface area (Å²) in [6, 6.07) is 10.6. The Balaban J connectivity index is 2.25. The Labute approximate surface area is 105 Å². The first-order valence-electron chi connectivity index (χ1n) is 6.77. The van der Waals surface area contributed by atoms with Crippen LogP contribution in [0.5, 0.6) is 0 Å². The van der Waals surface area contributed by atoms with Crippen molar-refractivity contribution in [1.29, 1.82) is 0 Å². The van der Waals surface area contributed by atoms with Crippen LogP contribution in [0.2, 0.25) is 0 Å². The van der Waals surface area contributed by atoms with Crippen LogP contribution in [-0.4, -0.2) is 11.2 Å². The van der Waals surface area contributed by atoms with Crippen molar-refractivity contribution < 1.29 is 5.11 Å².